The molecule has 0 bridgehead atoms. The summed E-state index contributed by atoms with van der Waals surface area (Å²) >= 11 is 1.82. The first-order valence-corrected chi connectivity index (χ1v) is 9.47. The normalized spacial score (nSPS) is 10.3. The van der Waals surface area contributed by atoms with Gasteiger partial charge in [-0.2, -0.15) is 11.8 Å². The fourth-order valence-corrected chi connectivity index (χ4v) is 3.20. The molecule has 0 saturated heterocycles. The van der Waals surface area contributed by atoms with Crippen molar-refractivity contribution in [1.82, 2.24) is 5.32 Å². The van der Waals surface area contributed by atoms with Crippen LogP contribution in [-0.4, -0.2) is 32.4 Å². The molecule has 1 amide bonds. The monoisotopic (exact) mass is 359 g/mol. The lowest BCUT2D eigenvalue weighted by molar-refractivity contribution is -0.120. The van der Waals surface area contributed by atoms with Crippen molar-refractivity contribution in [1.29, 1.82) is 0 Å². The number of rotatable bonds is 10. The molecule has 1 N–H and O–H groups in total. The van der Waals surface area contributed by atoms with Gasteiger partial charge in [-0.1, -0.05) is 30.3 Å². The molecule has 0 aliphatic heterocycles. The third-order valence-electron chi connectivity index (χ3n) is 3.73. The number of benzene rings is 2. The van der Waals surface area contributed by atoms with Crippen molar-refractivity contribution in [3.8, 4) is 11.5 Å². The van der Waals surface area contributed by atoms with Gasteiger partial charge in [0.2, 0.25) is 5.91 Å². The number of carbonyl (C=O) groups excluding carboxylic acids is 1. The summed E-state index contributed by atoms with van der Waals surface area (Å²) in [5, 5.41) is 2.97. The van der Waals surface area contributed by atoms with Crippen LogP contribution in [0.3, 0.4) is 0 Å². The summed E-state index contributed by atoms with van der Waals surface area (Å²) in [7, 11) is 3.25. The fraction of sp³-hybridized carbons (Fsp3) is 0.350. The summed E-state index contributed by atoms with van der Waals surface area (Å²) in [5.41, 5.74) is 2.34. The van der Waals surface area contributed by atoms with Crippen LogP contribution in [0.2, 0.25) is 0 Å². The zero-order valence-electron chi connectivity index (χ0n) is 14.8. The number of hydrogen-bond donors (Lipinski definition) is 1. The summed E-state index contributed by atoms with van der Waals surface area (Å²) in [6.07, 6.45) is 1.12. The lowest BCUT2D eigenvalue weighted by Crippen LogP contribution is -2.25. The Morgan fingerprint density at radius 1 is 1.00 bits per heavy atom. The summed E-state index contributed by atoms with van der Waals surface area (Å²) in [6, 6.07) is 16.1. The van der Waals surface area contributed by atoms with Crippen LogP contribution in [0, 0.1) is 0 Å². The molecule has 0 fully saturated rings. The maximum absolute atomic E-state index is 12.0. The van der Waals surface area contributed by atoms with Crippen molar-refractivity contribution in [2.75, 3.05) is 26.5 Å². The highest BCUT2D eigenvalue weighted by molar-refractivity contribution is 7.98. The Labute approximate surface area is 153 Å². The van der Waals surface area contributed by atoms with Gasteiger partial charge in [0.15, 0.2) is 0 Å². The molecule has 0 aliphatic carbocycles. The number of ether oxygens (including phenoxy) is 2. The number of carbonyl (C=O) groups is 1. The Morgan fingerprint density at radius 2 is 1.68 bits per heavy atom. The molecule has 134 valence electrons. The van der Waals surface area contributed by atoms with E-state index in [0.29, 0.717) is 19.4 Å². The molecular weight excluding hydrogens is 334 g/mol. The van der Waals surface area contributed by atoms with Crippen LogP contribution >= 0.6 is 11.8 Å². The Hall–Kier alpha value is -2.14. The van der Waals surface area contributed by atoms with Gasteiger partial charge in [0.1, 0.15) is 11.5 Å². The van der Waals surface area contributed by atoms with Gasteiger partial charge in [0.05, 0.1) is 14.2 Å². The minimum atomic E-state index is 0.0714. The first kappa shape index (κ1) is 19.2. The van der Waals surface area contributed by atoms with Gasteiger partial charge < -0.3 is 14.8 Å². The van der Waals surface area contributed by atoms with Gasteiger partial charge in [0, 0.05) is 30.5 Å². The second-order valence-electron chi connectivity index (χ2n) is 5.61. The predicted octanol–water partition coefficient (Wildman–Crippen LogP) is 3.69. The van der Waals surface area contributed by atoms with Crippen molar-refractivity contribution in [2.45, 2.75) is 18.6 Å². The Bertz CT molecular complexity index is 639. The quantitative estimate of drug-likeness (QED) is 0.657. The highest BCUT2D eigenvalue weighted by Gasteiger charge is 2.05. The predicted molar refractivity (Wildman–Crippen MR) is 103 cm³/mol. The second kappa shape index (κ2) is 10.7. The van der Waals surface area contributed by atoms with E-state index in [1.165, 1.54) is 5.56 Å². The van der Waals surface area contributed by atoms with Crippen molar-refractivity contribution in [2.24, 2.45) is 0 Å². The summed E-state index contributed by atoms with van der Waals surface area (Å²) in [6.45, 7) is 0.692. The number of aryl methyl sites for hydroxylation is 1. The third-order valence-corrected chi connectivity index (χ3v) is 4.76. The van der Waals surface area contributed by atoms with Crippen LogP contribution in [0.15, 0.2) is 48.5 Å². The van der Waals surface area contributed by atoms with Gasteiger partial charge in [-0.25, -0.2) is 0 Å². The highest BCUT2D eigenvalue weighted by Crippen LogP contribution is 2.23. The first-order chi connectivity index (χ1) is 12.2. The molecule has 0 atom stereocenters. The van der Waals surface area contributed by atoms with Crippen molar-refractivity contribution < 1.29 is 14.3 Å². The van der Waals surface area contributed by atoms with E-state index >= 15 is 0 Å². The van der Waals surface area contributed by atoms with E-state index in [4.69, 9.17) is 9.47 Å². The molecule has 0 aliphatic rings. The average Bonchev–Trinajstić information content (AvgIpc) is 2.66. The first-order valence-electron chi connectivity index (χ1n) is 8.31. The summed E-state index contributed by atoms with van der Waals surface area (Å²) in [4.78, 5) is 12.0. The van der Waals surface area contributed by atoms with Gasteiger partial charge >= 0.3 is 0 Å². The molecule has 0 aromatic heterocycles. The molecule has 0 heterocycles. The Morgan fingerprint density at radius 3 is 2.32 bits per heavy atom. The van der Waals surface area contributed by atoms with Gasteiger partial charge in [-0.3, -0.25) is 4.79 Å². The molecular formula is C20H25NO3S. The molecule has 2 rings (SSSR count). The van der Waals surface area contributed by atoms with Crippen molar-refractivity contribution in [3.05, 3.63) is 59.7 Å². The van der Waals surface area contributed by atoms with Gasteiger partial charge in [0.25, 0.3) is 0 Å². The van der Waals surface area contributed by atoms with E-state index in [-0.39, 0.29) is 5.91 Å². The summed E-state index contributed by atoms with van der Waals surface area (Å²) < 4.78 is 10.5. The molecule has 4 nitrogen and oxygen atoms in total. The van der Waals surface area contributed by atoms with E-state index in [2.05, 4.69) is 17.4 Å². The topological polar surface area (TPSA) is 47.6 Å². The van der Waals surface area contributed by atoms with E-state index in [9.17, 15) is 4.79 Å². The molecule has 0 unspecified atom stereocenters. The van der Waals surface area contributed by atoms with Crippen LogP contribution < -0.4 is 14.8 Å². The number of hydrogen-bond acceptors (Lipinski definition) is 4. The van der Waals surface area contributed by atoms with Crippen molar-refractivity contribution in [3.63, 3.8) is 0 Å². The maximum Gasteiger partial charge on any atom is 0.220 e. The van der Waals surface area contributed by atoms with Crippen LogP contribution in [-0.2, 0) is 17.0 Å². The minimum Gasteiger partial charge on any atom is -0.497 e. The lowest BCUT2D eigenvalue weighted by atomic mass is 10.1. The van der Waals surface area contributed by atoms with Gasteiger partial charge in [-0.15, -0.1) is 0 Å². The van der Waals surface area contributed by atoms with Crippen LogP contribution in [0.25, 0.3) is 0 Å². The number of thioether (sulfide) groups is 1. The molecule has 0 spiro atoms. The molecule has 2 aromatic carbocycles. The van der Waals surface area contributed by atoms with Crippen molar-refractivity contribution >= 4 is 17.7 Å². The number of methoxy groups -OCH3 is 2. The lowest BCUT2D eigenvalue weighted by Gasteiger charge is -2.09. The van der Waals surface area contributed by atoms with E-state index in [0.717, 1.165) is 28.6 Å². The smallest absolute Gasteiger partial charge is 0.220 e. The van der Waals surface area contributed by atoms with Gasteiger partial charge in [-0.05, 0) is 29.7 Å². The zero-order chi connectivity index (χ0) is 17.9. The highest BCUT2D eigenvalue weighted by atomic mass is 32.2. The number of nitrogens with one attached hydrogen (secondary N) is 1. The molecule has 0 saturated carbocycles. The second-order valence-corrected chi connectivity index (χ2v) is 6.71. The third kappa shape index (κ3) is 7.10. The Balaban J connectivity index is 1.65. The van der Waals surface area contributed by atoms with E-state index in [1.54, 1.807) is 14.2 Å². The molecule has 2 aromatic rings. The Kier molecular flexibility index (Phi) is 8.19. The van der Waals surface area contributed by atoms with E-state index < -0.39 is 0 Å². The van der Waals surface area contributed by atoms with Crippen LogP contribution in [0.4, 0.5) is 0 Å². The van der Waals surface area contributed by atoms with E-state index in [1.807, 2.05) is 48.2 Å². The van der Waals surface area contributed by atoms with Crippen LogP contribution in [0.1, 0.15) is 17.5 Å². The number of amides is 1. The maximum atomic E-state index is 12.0. The average molecular weight is 359 g/mol. The zero-order valence-corrected chi connectivity index (χ0v) is 15.6. The fourth-order valence-electron chi connectivity index (χ4n) is 2.38. The van der Waals surface area contributed by atoms with Crippen LogP contribution in [0.5, 0.6) is 11.5 Å². The molecule has 0 radical (unpaired) electrons. The molecule has 5 heteroatoms. The largest absolute Gasteiger partial charge is 0.497 e. The SMILES string of the molecule is COc1cc(CCC(=O)NCCSCc2ccccc2)cc(OC)c1. The minimum absolute atomic E-state index is 0.0714. The standard InChI is InChI=1S/C20H25NO3S/c1-23-18-12-17(13-19(14-18)24-2)8-9-20(22)21-10-11-25-15-16-6-4-3-5-7-16/h3-7,12-14H,8-11,15H2,1-2H3,(H,21,22). The summed E-state index contributed by atoms with van der Waals surface area (Å²) in [5.74, 6) is 3.44. The molecule has 25 heavy (non-hydrogen) atoms.